The van der Waals surface area contributed by atoms with E-state index >= 15 is 0 Å². The number of carbonyl (C=O) groups is 1. The molecule has 0 aliphatic heterocycles. The number of allylic oxidation sites excluding steroid dienone is 1. The van der Waals surface area contributed by atoms with Crippen LogP contribution in [-0.4, -0.2) is 19.4 Å². The van der Waals surface area contributed by atoms with Crippen molar-refractivity contribution in [1.82, 2.24) is 0 Å². The number of anilines is 1. The minimum absolute atomic E-state index is 0.0154. The SMILES string of the molecule is COc1ccccc1/C=C1\CCC(CNc2ccc(Cl)cc2)C1=O. The molecule has 0 heterocycles. The van der Waals surface area contributed by atoms with Crippen LogP contribution in [0.1, 0.15) is 18.4 Å². The zero-order valence-electron chi connectivity index (χ0n) is 13.6. The van der Waals surface area contributed by atoms with Gasteiger partial charge in [-0.05, 0) is 54.8 Å². The molecule has 24 heavy (non-hydrogen) atoms. The molecule has 1 fully saturated rings. The Morgan fingerprint density at radius 2 is 1.96 bits per heavy atom. The van der Waals surface area contributed by atoms with E-state index in [-0.39, 0.29) is 11.7 Å². The Hall–Kier alpha value is -2.26. The summed E-state index contributed by atoms with van der Waals surface area (Å²) in [5.74, 6) is 1.03. The van der Waals surface area contributed by atoms with Crippen molar-refractivity contribution in [3.05, 3.63) is 64.7 Å². The van der Waals surface area contributed by atoms with Gasteiger partial charge in [0.2, 0.25) is 0 Å². The zero-order chi connectivity index (χ0) is 16.9. The van der Waals surface area contributed by atoms with Crippen molar-refractivity contribution in [2.75, 3.05) is 19.0 Å². The minimum atomic E-state index is 0.0154. The number of rotatable bonds is 5. The van der Waals surface area contributed by atoms with E-state index in [1.54, 1.807) is 7.11 Å². The predicted molar refractivity (Wildman–Crippen MR) is 98.6 cm³/mol. The summed E-state index contributed by atoms with van der Waals surface area (Å²) in [6.07, 6.45) is 3.65. The van der Waals surface area contributed by atoms with Gasteiger partial charge in [0.1, 0.15) is 5.75 Å². The third kappa shape index (κ3) is 3.80. The molecule has 1 atom stereocenters. The molecule has 0 amide bonds. The van der Waals surface area contributed by atoms with Crippen LogP contribution in [0.15, 0.2) is 54.1 Å². The van der Waals surface area contributed by atoms with Crippen molar-refractivity contribution in [1.29, 1.82) is 0 Å². The molecule has 0 aromatic heterocycles. The van der Waals surface area contributed by atoms with Crippen molar-refractivity contribution in [3.63, 3.8) is 0 Å². The summed E-state index contributed by atoms with van der Waals surface area (Å²) in [6.45, 7) is 0.643. The Morgan fingerprint density at radius 3 is 2.71 bits per heavy atom. The van der Waals surface area contributed by atoms with Crippen LogP contribution in [0, 0.1) is 5.92 Å². The Morgan fingerprint density at radius 1 is 1.21 bits per heavy atom. The van der Waals surface area contributed by atoms with Crippen LogP contribution in [-0.2, 0) is 4.79 Å². The van der Waals surface area contributed by atoms with Gasteiger partial charge in [0.15, 0.2) is 5.78 Å². The first-order chi connectivity index (χ1) is 11.7. The van der Waals surface area contributed by atoms with Gasteiger partial charge in [-0.25, -0.2) is 0 Å². The second-order valence-corrected chi connectivity index (χ2v) is 6.34. The molecule has 2 aromatic carbocycles. The summed E-state index contributed by atoms with van der Waals surface area (Å²) < 4.78 is 5.35. The standard InChI is InChI=1S/C20H20ClNO2/c1-24-19-5-3-2-4-14(19)12-15-6-7-16(20(15)23)13-22-18-10-8-17(21)9-11-18/h2-5,8-12,16,22H,6-7,13H2,1H3/b15-12+. The number of methoxy groups -OCH3 is 1. The molecule has 0 spiro atoms. The summed E-state index contributed by atoms with van der Waals surface area (Å²) in [4.78, 5) is 12.6. The molecule has 1 N–H and O–H groups in total. The number of nitrogens with one attached hydrogen (secondary N) is 1. The lowest BCUT2D eigenvalue weighted by molar-refractivity contribution is -0.117. The van der Waals surface area contributed by atoms with Gasteiger partial charge in [0, 0.05) is 28.7 Å². The number of para-hydroxylation sites is 1. The van der Waals surface area contributed by atoms with Crippen molar-refractivity contribution >= 4 is 29.1 Å². The first kappa shape index (κ1) is 16.6. The van der Waals surface area contributed by atoms with E-state index in [0.29, 0.717) is 11.6 Å². The third-order valence-corrected chi connectivity index (χ3v) is 4.57. The maximum atomic E-state index is 12.6. The van der Waals surface area contributed by atoms with Crippen LogP contribution < -0.4 is 10.1 Å². The van der Waals surface area contributed by atoms with Gasteiger partial charge < -0.3 is 10.1 Å². The number of benzene rings is 2. The molecule has 0 bridgehead atoms. The van der Waals surface area contributed by atoms with Crippen LogP contribution in [0.3, 0.4) is 0 Å². The fourth-order valence-electron chi connectivity index (χ4n) is 2.97. The molecule has 1 unspecified atom stereocenters. The number of ether oxygens (including phenoxy) is 1. The van der Waals surface area contributed by atoms with E-state index in [9.17, 15) is 4.79 Å². The second kappa shape index (κ2) is 7.54. The average molecular weight is 342 g/mol. The normalized spacial score (nSPS) is 18.8. The number of hydrogen-bond donors (Lipinski definition) is 1. The number of hydrogen-bond acceptors (Lipinski definition) is 3. The van der Waals surface area contributed by atoms with Gasteiger partial charge in [0.25, 0.3) is 0 Å². The van der Waals surface area contributed by atoms with Crippen molar-refractivity contribution in [2.45, 2.75) is 12.8 Å². The van der Waals surface area contributed by atoms with E-state index in [4.69, 9.17) is 16.3 Å². The van der Waals surface area contributed by atoms with Gasteiger partial charge in [-0.3, -0.25) is 4.79 Å². The van der Waals surface area contributed by atoms with Crippen LogP contribution >= 0.6 is 11.6 Å². The molecule has 124 valence electrons. The number of Topliss-reactive ketones (excluding diaryl/α,β-unsaturated/α-hetero) is 1. The second-order valence-electron chi connectivity index (χ2n) is 5.90. The van der Waals surface area contributed by atoms with Gasteiger partial charge in [-0.15, -0.1) is 0 Å². The van der Waals surface area contributed by atoms with Gasteiger partial charge >= 0.3 is 0 Å². The Bertz CT molecular complexity index is 752. The van der Waals surface area contributed by atoms with Gasteiger partial charge in [-0.1, -0.05) is 29.8 Å². The summed E-state index contributed by atoms with van der Waals surface area (Å²) in [7, 11) is 1.65. The molecule has 1 aliphatic rings. The fourth-order valence-corrected chi connectivity index (χ4v) is 3.09. The average Bonchev–Trinajstić information content (AvgIpc) is 2.95. The molecule has 3 rings (SSSR count). The zero-order valence-corrected chi connectivity index (χ0v) is 14.3. The first-order valence-electron chi connectivity index (χ1n) is 8.04. The van der Waals surface area contributed by atoms with Crippen LogP contribution in [0.2, 0.25) is 5.02 Å². The van der Waals surface area contributed by atoms with E-state index in [2.05, 4.69) is 5.32 Å². The topological polar surface area (TPSA) is 38.3 Å². The molecule has 4 heteroatoms. The van der Waals surface area contributed by atoms with Crippen LogP contribution in [0.4, 0.5) is 5.69 Å². The van der Waals surface area contributed by atoms with Crippen LogP contribution in [0.25, 0.3) is 6.08 Å². The maximum absolute atomic E-state index is 12.6. The molecule has 1 aliphatic carbocycles. The minimum Gasteiger partial charge on any atom is -0.496 e. The summed E-state index contributed by atoms with van der Waals surface area (Å²) >= 11 is 5.88. The van der Waals surface area contributed by atoms with Crippen LogP contribution in [0.5, 0.6) is 5.75 Å². The first-order valence-corrected chi connectivity index (χ1v) is 8.42. The highest BCUT2D eigenvalue weighted by Crippen LogP contribution is 2.31. The molecule has 2 aromatic rings. The largest absolute Gasteiger partial charge is 0.496 e. The summed E-state index contributed by atoms with van der Waals surface area (Å²) in [5.41, 5.74) is 2.81. The van der Waals surface area contributed by atoms with Crippen molar-refractivity contribution in [3.8, 4) is 5.75 Å². The summed E-state index contributed by atoms with van der Waals surface area (Å²) in [6, 6.07) is 15.3. The summed E-state index contributed by atoms with van der Waals surface area (Å²) in [5, 5.41) is 4.03. The third-order valence-electron chi connectivity index (χ3n) is 4.31. The van der Waals surface area contributed by atoms with Gasteiger partial charge in [-0.2, -0.15) is 0 Å². The highest BCUT2D eigenvalue weighted by atomic mass is 35.5. The van der Waals surface area contributed by atoms with Crippen molar-refractivity contribution in [2.24, 2.45) is 5.92 Å². The highest BCUT2D eigenvalue weighted by Gasteiger charge is 2.29. The maximum Gasteiger partial charge on any atom is 0.163 e. The molecular weight excluding hydrogens is 322 g/mol. The van der Waals surface area contributed by atoms with E-state index in [0.717, 1.165) is 35.4 Å². The molecule has 1 saturated carbocycles. The highest BCUT2D eigenvalue weighted by molar-refractivity contribution is 6.30. The lowest BCUT2D eigenvalue weighted by Gasteiger charge is -2.11. The molecular formula is C20H20ClNO2. The monoisotopic (exact) mass is 341 g/mol. The Kier molecular flexibility index (Phi) is 5.21. The smallest absolute Gasteiger partial charge is 0.163 e. The number of carbonyl (C=O) groups excluding carboxylic acids is 1. The Balaban J connectivity index is 1.66. The van der Waals surface area contributed by atoms with E-state index in [1.165, 1.54) is 0 Å². The Labute approximate surface area is 147 Å². The molecule has 0 saturated heterocycles. The lowest BCUT2D eigenvalue weighted by Crippen LogP contribution is -2.18. The lowest BCUT2D eigenvalue weighted by atomic mass is 10.0. The fraction of sp³-hybridized carbons (Fsp3) is 0.250. The predicted octanol–water partition coefficient (Wildman–Crippen LogP) is 4.82. The number of ketones is 1. The molecule has 3 nitrogen and oxygen atoms in total. The van der Waals surface area contributed by atoms with E-state index in [1.807, 2.05) is 54.6 Å². The molecule has 0 radical (unpaired) electrons. The number of halogens is 1. The quantitative estimate of drug-likeness (QED) is 0.792. The van der Waals surface area contributed by atoms with Crippen molar-refractivity contribution < 1.29 is 9.53 Å². The van der Waals surface area contributed by atoms with E-state index < -0.39 is 0 Å². The van der Waals surface area contributed by atoms with Gasteiger partial charge in [0.05, 0.1) is 7.11 Å².